The third kappa shape index (κ3) is 5.81. The molecule has 0 bridgehead atoms. The van der Waals surface area contributed by atoms with Crippen LogP contribution in [0.25, 0.3) is 0 Å². The molecule has 0 unspecified atom stereocenters. The van der Waals surface area contributed by atoms with Crippen molar-refractivity contribution in [1.82, 2.24) is 10.2 Å². The van der Waals surface area contributed by atoms with Crippen LogP contribution < -0.4 is 10.6 Å². The number of nitrogens with one attached hydrogen (secondary N) is 2. The molecule has 1 aliphatic rings. The van der Waals surface area contributed by atoms with Gasteiger partial charge in [-0.05, 0) is 37.1 Å². The molecule has 2 N–H and O–H groups in total. The first-order chi connectivity index (χ1) is 13.5. The van der Waals surface area contributed by atoms with Crippen LogP contribution in [0.5, 0.6) is 0 Å². The SMILES string of the molecule is O=C(CCC(=O)c1ccc(Cl)s1)NC1CCN(C(=O)Nc2ccccc2)CC1. The van der Waals surface area contributed by atoms with Gasteiger partial charge in [-0.15, -0.1) is 11.3 Å². The fourth-order valence-corrected chi connectivity index (χ4v) is 4.08. The summed E-state index contributed by atoms with van der Waals surface area (Å²) in [7, 11) is 0. The van der Waals surface area contributed by atoms with Crippen LogP contribution in [0.15, 0.2) is 42.5 Å². The van der Waals surface area contributed by atoms with E-state index in [1.165, 1.54) is 11.3 Å². The minimum absolute atomic E-state index is 0.0274. The second kappa shape index (κ2) is 9.71. The monoisotopic (exact) mass is 419 g/mol. The highest BCUT2D eigenvalue weighted by Gasteiger charge is 2.24. The lowest BCUT2D eigenvalue weighted by Crippen LogP contribution is -2.47. The lowest BCUT2D eigenvalue weighted by Gasteiger charge is -2.32. The number of piperidine rings is 1. The normalized spacial score (nSPS) is 14.5. The fourth-order valence-electron chi connectivity index (χ4n) is 3.07. The van der Waals surface area contributed by atoms with Gasteiger partial charge in [-0.25, -0.2) is 4.79 Å². The van der Waals surface area contributed by atoms with Crippen molar-refractivity contribution in [3.05, 3.63) is 51.7 Å². The van der Waals surface area contributed by atoms with Gasteiger partial charge < -0.3 is 15.5 Å². The molecular weight excluding hydrogens is 398 g/mol. The lowest BCUT2D eigenvalue weighted by molar-refractivity contribution is -0.122. The molecule has 0 spiro atoms. The summed E-state index contributed by atoms with van der Waals surface area (Å²) in [4.78, 5) is 38.8. The number of para-hydroxylation sites is 1. The Morgan fingerprint density at radius 3 is 2.39 bits per heavy atom. The van der Waals surface area contributed by atoms with E-state index in [1.807, 2.05) is 30.3 Å². The number of ketones is 1. The summed E-state index contributed by atoms with van der Waals surface area (Å²) in [6, 6.07) is 12.6. The molecule has 3 amide bonds. The van der Waals surface area contributed by atoms with Crippen LogP contribution in [0.1, 0.15) is 35.4 Å². The molecule has 1 saturated heterocycles. The quantitative estimate of drug-likeness (QED) is 0.689. The zero-order chi connectivity index (χ0) is 19.9. The van der Waals surface area contributed by atoms with Crippen LogP contribution in [0.4, 0.5) is 10.5 Å². The van der Waals surface area contributed by atoms with E-state index in [1.54, 1.807) is 17.0 Å². The number of nitrogens with zero attached hydrogens (tertiary/aromatic N) is 1. The van der Waals surface area contributed by atoms with Gasteiger partial charge in [0.1, 0.15) is 0 Å². The average Bonchev–Trinajstić information content (AvgIpc) is 3.14. The Balaban J connectivity index is 1.37. The number of halogens is 1. The van der Waals surface area contributed by atoms with Gasteiger partial charge in [0.15, 0.2) is 5.78 Å². The maximum Gasteiger partial charge on any atom is 0.321 e. The highest BCUT2D eigenvalue weighted by molar-refractivity contribution is 7.18. The number of benzene rings is 1. The number of likely N-dealkylation sites (tertiary alicyclic amines) is 1. The van der Waals surface area contributed by atoms with Crippen LogP contribution in [0.2, 0.25) is 4.34 Å². The summed E-state index contributed by atoms with van der Waals surface area (Å²) >= 11 is 7.06. The molecule has 2 heterocycles. The predicted octanol–water partition coefficient (Wildman–Crippen LogP) is 4.18. The van der Waals surface area contributed by atoms with Crippen LogP contribution in [0, 0.1) is 0 Å². The van der Waals surface area contributed by atoms with Crippen molar-refractivity contribution in [1.29, 1.82) is 0 Å². The van der Waals surface area contributed by atoms with Gasteiger partial charge in [-0.2, -0.15) is 0 Å². The summed E-state index contributed by atoms with van der Waals surface area (Å²) in [5, 5.41) is 5.84. The number of carbonyl (C=O) groups is 3. The van der Waals surface area contributed by atoms with Crippen molar-refractivity contribution in [3.63, 3.8) is 0 Å². The zero-order valence-electron chi connectivity index (χ0n) is 15.3. The summed E-state index contributed by atoms with van der Waals surface area (Å²) in [6.45, 7) is 1.16. The molecule has 1 aromatic carbocycles. The van der Waals surface area contributed by atoms with Gasteiger partial charge in [0.2, 0.25) is 5.91 Å². The van der Waals surface area contributed by atoms with E-state index in [-0.39, 0.29) is 36.6 Å². The molecule has 0 atom stereocenters. The molecule has 1 aliphatic heterocycles. The summed E-state index contributed by atoms with van der Waals surface area (Å²) < 4.78 is 0.566. The van der Waals surface area contributed by atoms with Crippen molar-refractivity contribution in [3.8, 4) is 0 Å². The second-order valence-corrected chi connectivity index (χ2v) is 8.37. The Kier molecular flexibility index (Phi) is 7.06. The van der Waals surface area contributed by atoms with Crippen molar-refractivity contribution in [2.45, 2.75) is 31.7 Å². The predicted molar refractivity (Wildman–Crippen MR) is 111 cm³/mol. The van der Waals surface area contributed by atoms with E-state index in [9.17, 15) is 14.4 Å². The summed E-state index contributed by atoms with van der Waals surface area (Å²) in [5.41, 5.74) is 0.764. The molecule has 1 aromatic heterocycles. The van der Waals surface area contributed by atoms with Crippen molar-refractivity contribution < 1.29 is 14.4 Å². The standard InChI is InChI=1S/C20H22ClN3O3S/c21-18-8-7-17(28-18)16(25)6-9-19(26)22-15-10-12-24(13-11-15)20(27)23-14-4-2-1-3-5-14/h1-5,7-8,15H,6,9-13H2,(H,22,26)(H,23,27). The number of anilines is 1. The molecule has 1 fully saturated rings. The molecule has 0 radical (unpaired) electrons. The number of Topliss-reactive ketones (excluding diaryl/α,β-unsaturated/α-hetero) is 1. The van der Waals surface area contributed by atoms with Crippen molar-refractivity contribution >= 4 is 46.3 Å². The van der Waals surface area contributed by atoms with Gasteiger partial charge in [0, 0.05) is 37.7 Å². The summed E-state index contributed by atoms with van der Waals surface area (Å²) in [6.07, 6.45) is 1.72. The van der Waals surface area contributed by atoms with Crippen molar-refractivity contribution in [2.24, 2.45) is 0 Å². The molecule has 148 valence electrons. The van der Waals surface area contributed by atoms with Crippen LogP contribution in [-0.4, -0.2) is 41.8 Å². The maximum atomic E-state index is 12.3. The number of thiophene rings is 1. The van der Waals surface area contributed by atoms with Gasteiger partial charge in [-0.1, -0.05) is 29.8 Å². The van der Waals surface area contributed by atoms with Crippen molar-refractivity contribution in [2.75, 3.05) is 18.4 Å². The summed E-state index contributed by atoms with van der Waals surface area (Å²) in [5.74, 6) is -0.206. The zero-order valence-corrected chi connectivity index (χ0v) is 16.9. The second-order valence-electron chi connectivity index (χ2n) is 6.65. The van der Waals surface area contributed by atoms with Crippen LogP contribution in [-0.2, 0) is 4.79 Å². The Hall–Kier alpha value is -2.38. The van der Waals surface area contributed by atoms with E-state index >= 15 is 0 Å². The number of hydrogen-bond acceptors (Lipinski definition) is 4. The van der Waals surface area contributed by atoms with E-state index in [2.05, 4.69) is 10.6 Å². The minimum Gasteiger partial charge on any atom is -0.353 e. The highest BCUT2D eigenvalue weighted by Crippen LogP contribution is 2.23. The Labute approximate surface area is 172 Å². The maximum absolute atomic E-state index is 12.3. The lowest BCUT2D eigenvalue weighted by atomic mass is 10.0. The van der Waals surface area contributed by atoms with Gasteiger partial charge in [0.25, 0.3) is 0 Å². The number of urea groups is 1. The average molecular weight is 420 g/mol. The Bertz CT molecular complexity index is 832. The van der Waals surface area contributed by atoms with E-state index in [0.29, 0.717) is 35.1 Å². The molecule has 6 nitrogen and oxygen atoms in total. The first-order valence-corrected chi connectivity index (χ1v) is 10.4. The number of amides is 3. The fraction of sp³-hybridized carbons (Fsp3) is 0.350. The number of hydrogen-bond donors (Lipinski definition) is 2. The van der Waals surface area contributed by atoms with Crippen LogP contribution >= 0.6 is 22.9 Å². The van der Waals surface area contributed by atoms with Gasteiger partial charge in [-0.3, -0.25) is 9.59 Å². The van der Waals surface area contributed by atoms with Gasteiger partial charge in [0.05, 0.1) is 9.21 Å². The molecule has 0 aliphatic carbocycles. The Morgan fingerprint density at radius 1 is 1.04 bits per heavy atom. The topological polar surface area (TPSA) is 78.5 Å². The van der Waals surface area contributed by atoms with E-state index < -0.39 is 0 Å². The van der Waals surface area contributed by atoms with Gasteiger partial charge >= 0.3 is 6.03 Å². The Morgan fingerprint density at radius 2 is 1.75 bits per heavy atom. The molecule has 28 heavy (non-hydrogen) atoms. The third-order valence-corrected chi connectivity index (χ3v) is 5.87. The largest absolute Gasteiger partial charge is 0.353 e. The number of carbonyl (C=O) groups excluding carboxylic acids is 3. The number of rotatable bonds is 6. The third-order valence-electron chi connectivity index (χ3n) is 4.60. The first-order valence-electron chi connectivity index (χ1n) is 9.20. The van der Waals surface area contributed by atoms with Crippen LogP contribution in [0.3, 0.4) is 0 Å². The molecule has 8 heteroatoms. The van der Waals surface area contributed by atoms with E-state index in [0.717, 1.165) is 5.69 Å². The molecular formula is C20H22ClN3O3S. The molecule has 2 aromatic rings. The minimum atomic E-state index is -0.136. The molecule has 3 rings (SSSR count). The highest BCUT2D eigenvalue weighted by atomic mass is 35.5. The van der Waals surface area contributed by atoms with E-state index in [4.69, 9.17) is 11.6 Å². The first kappa shape index (κ1) is 20.4. The smallest absolute Gasteiger partial charge is 0.321 e. The molecule has 0 saturated carbocycles.